The molecule has 2 aliphatic heterocycles. The number of nitrogens with zero attached hydrogens (tertiary/aromatic N) is 4. The minimum absolute atomic E-state index is 0.0214. The number of aromatic nitrogens is 4. The minimum atomic E-state index is -0.627. The Morgan fingerprint density at radius 3 is 2.27 bits per heavy atom. The fourth-order valence-corrected chi connectivity index (χ4v) is 7.36. The molecule has 52 heavy (non-hydrogen) atoms. The Bertz CT molecular complexity index is 1980. The van der Waals surface area contributed by atoms with Crippen molar-refractivity contribution in [1.82, 2.24) is 35.1 Å². The van der Waals surface area contributed by atoms with Crippen molar-refractivity contribution < 1.29 is 28.6 Å². The monoisotopic (exact) mass is 707 g/mol. The number of methoxy groups -OCH3 is 1. The van der Waals surface area contributed by atoms with E-state index in [2.05, 4.69) is 20.3 Å². The highest BCUT2D eigenvalue weighted by Gasteiger charge is 2.41. The number of hydrogen-bond acceptors (Lipinski definition) is 8. The zero-order chi connectivity index (χ0) is 35.9. The second kappa shape index (κ2) is 14.0. The number of H-pyrrole nitrogens is 2. The van der Waals surface area contributed by atoms with Crippen LogP contribution in [0.3, 0.4) is 0 Å². The standard InChI is InChI=1S/C39H45N7O6/c1-4-15-45(38(48)35(24-9-10-24)44-39(49)50-3)22(2)36-40-20-27(42-36)25-11-13-30-32(18-25)52-33-19-26(12-14-31(33)51-30)28-21-41-37(43-28)29-6-5-16-46(29)34(47)17-23-7-8-23/h11-14,18-24,29,35H,4-10,15-17H2,1-3H3,(H,40,42)(H,41,43)(H,44,49)/t22-,29-,35?/m0/s1. The van der Waals surface area contributed by atoms with Gasteiger partial charge >= 0.3 is 6.09 Å². The Kier molecular flexibility index (Phi) is 9.10. The van der Waals surface area contributed by atoms with Gasteiger partial charge in [0.1, 0.15) is 17.7 Å². The average molecular weight is 708 g/mol. The summed E-state index contributed by atoms with van der Waals surface area (Å²) in [7, 11) is 1.30. The maximum Gasteiger partial charge on any atom is 0.407 e. The first-order valence-corrected chi connectivity index (χ1v) is 18.5. The Labute approximate surface area is 302 Å². The van der Waals surface area contributed by atoms with Gasteiger partial charge in [-0.2, -0.15) is 0 Å². The molecule has 4 heterocycles. The fourth-order valence-electron chi connectivity index (χ4n) is 7.36. The molecule has 3 amide bonds. The number of amides is 3. The smallest absolute Gasteiger partial charge is 0.407 e. The zero-order valence-corrected chi connectivity index (χ0v) is 29.8. The number of benzene rings is 2. The molecule has 3 atom stereocenters. The lowest BCUT2D eigenvalue weighted by atomic mass is 10.1. The fraction of sp³-hybridized carbons (Fsp3) is 0.462. The summed E-state index contributed by atoms with van der Waals surface area (Å²) in [6, 6.07) is 10.5. The molecular weight excluding hydrogens is 662 g/mol. The second-order valence-electron chi connectivity index (χ2n) is 14.4. The summed E-state index contributed by atoms with van der Waals surface area (Å²) in [4.78, 5) is 58.7. The van der Waals surface area contributed by atoms with Gasteiger partial charge in [-0.15, -0.1) is 0 Å². The van der Waals surface area contributed by atoms with Crippen molar-refractivity contribution in [3.8, 4) is 45.5 Å². The van der Waals surface area contributed by atoms with Crippen LogP contribution in [0, 0.1) is 11.8 Å². The molecule has 2 aromatic carbocycles. The number of fused-ring (bicyclic) bond motifs is 2. The molecule has 8 rings (SSSR count). The minimum Gasteiger partial charge on any atom is -0.453 e. The van der Waals surface area contributed by atoms with E-state index in [9.17, 15) is 14.4 Å². The van der Waals surface area contributed by atoms with Crippen LogP contribution in [-0.4, -0.2) is 73.9 Å². The van der Waals surface area contributed by atoms with Crippen molar-refractivity contribution in [3.05, 3.63) is 60.4 Å². The van der Waals surface area contributed by atoms with Crippen molar-refractivity contribution in [2.45, 2.75) is 83.3 Å². The Balaban J connectivity index is 0.971. The average Bonchev–Trinajstić information content (AvgIpc) is 3.98. The number of likely N-dealkylation sites (tertiary alicyclic amines) is 1. The molecule has 3 fully saturated rings. The molecule has 0 spiro atoms. The van der Waals surface area contributed by atoms with Gasteiger partial charge in [-0.05, 0) is 100 Å². The molecule has 0 bridgehead atoms. The van der Waals surface area contributed by atoms with E-state index < -0.39 is 12.1 Å². The number of ether oxygens (including phenoxy) is 3. The van der Waals surface area contributed by atoms with Crippen molar-refractivity contribution >= 4 is 17.9 Å². The van der Waals surface area contributed by atoms with Crippen LogP contribution in [0.4, 0.5) is 4.79 Å². The molecule has 13 heteroatoms. The summed E-state index contributed by atoms with van der Waals surface area (Å²) in [6.45, 7) is 5.27. The second-order valence-corrected chi connectivity index (χ2v) is 14.4. The zero-order valence-electron chi connectivity index (χ0n) is 29.8. The van der Waals surface area contributed by atoms with Crippen molar-refractivity contribution in [1.29, 1.82) is 0 Å². The first-order chi connectivity index (χ1) is 25.3. The van der Waals surface area contributed by atoms with Gasteiger partial charge < -0.3 is 39.3 Å². The van der Waals surface area contributed by atoms with E-state index in [0.717, 1.165) is 79.8 Å². The molecule has 3 N–H and O–H groups in total. The van der Waals surface area contributed by atoms with Gasteiger partial charge in [-0.25, -0.2) is 14.8 Å². The molecule has 2 aromatic heterocycles. The quantitative estimate of drug-likeness (QED) is 0.122. The van der Waals surface area contributed by atoms with Crippen LogP contribution in [0.2, 0.25) is 0 Å². The van der Waals surface area contributed by atoms with E-state index in [1.54, 1.807) is 11.1 Å². The first kappa shape index (κ1) is 33.8. The number of alkyl carbamates (subject to hydrolysis) is 1. The molecular formula is C39H45N7O6. The summed E-state index contributed by atoms with van der Waals surface area (Å²) in [5, 5.41) is 2.75. The van der Waals surface area contributed by atoms with E-state index in [1.807, 2.05) is 61.3 Å². The van der Waals surface area contributed by atoms with Crippen LogP contribution in [-0.2, 0) is 14.3 Å². The van der Waals surface area contributed by atoms with E-state index in [-0.39, 0.29) is 29.8 Å². The molecule has 4 aromatic rings. The first-order valence-electron chi connectivity index (χ1n) is 18.5. The number of rotatable bonds is 12. The lowest BCUT2D eigenvalue weighted by Crippen LogP contribution is -2.50. The van der Waals surface area contributed by atoms with Gasteiger partial charge in [0, 0.05) is 30.6 Å². The van der Waals surface area contributed by atoms with Crippen LogP contribution in [0.25, 0.3) is 22.5 Å². The van der Waals surface area contributed by atoms with Crippen LogP contribution in [0.5, 0.6) is 23.0 Å². The largest absolute Gasteiger partial charge is 0.453 e. The van der Waals surface area contributed by atoms with E-state index in [0.29, 0.717) is 47.7 Å². The highest BCUT2D eigenvalue weighted by atomic mass is 16.6. The van der Waals surface area contributed by atoms with Crippen molar-refractivity contribution in [3.63, 3.8) is 0 Å². The molecule has 2 aliphatic carbocycles. The topological polar surface area (TPSA) is 155 Å². The molecule has 13 nitrogen and oxygen atoms in total. The highest BCUT2D eigenvalue weighted by molar-refractivity contribution is 5.86. The summed E-state index contributed by atoms with van der Waals surface area (Å²) >= 11 is 0. The van der Waals surface area contributed by atoms with Gasteiger partial charge in [0.05, 0.1) is 43.0 Å². The maximum absolute atomic E-state index is 13.7. The predicted molar refractivity (Wildman–Crippen MR) is 192 cm³/mol. The third-order valence-corrected chi connectivity index (χ3v) is 10.6. The Hall–Kier alpha value is -5.33. The lowest BCUT2D eigenvalue weighted by molar-refractivity contribution is -0.136. The number of carbonyl (C=O) groups is 3. The van der Waals surface area contributed by atoms with Gasteiger partial charge in [-0.1, -0.05) is 6.92 Å². The van der Waals surface area contributed by atoms with Crippen LogP contribution >= 0.6 is 0 Å². The van der Waals surface area contributed by atoms with Gasteiger partial charge in [0.25, 0.3) is 0 Å². The normalized spacial score (nSPS) is 18.8. The third kappa shape index (κ3) is 6.83. The molecule has 1 unspecified atom stereocenters. The van der Waals surface area contributed by atoms with Crippen molar-refractivity contribution in [2.24, 2.45) is 11.8 Å². The molecule has 0 radical (unpaired) electrons. The summed E-state index contributed by atoms with van der Waals surface area (Å²) in [5.41, 5.74) is 3.37. The number of aromatic amines is 2. The van der Waals surface area contributed by atoms with E-state index in [4.69, 9.17) is 19.2 Å². The molecule has 2 saturated carbocycles. The van der Waals surface area contributed by atoms with E-state index in [1.165, 1.54) is 7.11 Å². The molecule has 272 valence electrons. The van der Waals surface area contributed by atoms with Crippen molar-refractivity contribution in [2.75, 3.05) is 20.2 Å². The van der Waals surface area contributed by atoms with Crippen LogP contribution < -0.4 is 14.8 Å². The lowest BCUT2D eigenvalue weighted by Gasteiger charge is -2.31. The summed E-state index contributed by atoms with van der Waals surface area (Å²) in [6.07, 6.45) is 10.4. The number of carbonyl (C=O) groups excluding carboxylic acids is 3. The number of imidazole rings is 2. The SMILES string of the molecule is CCCN(C(=O)C(NC(=O)OC)C1CC1)[C@@H](C)c1ncc(-c2ccc3c(c2)Oc2cc(-c4cnc([C@@H]5CCCN5C(=O)CC5CC5)[nH]4)ccc2O3)[nH]1. The highest BCUT2D eigenvalue weighted by Crippen LogP contribution is 2.48. The number of nitrogens with one attached hydrogen (secondary N) is 3. The van der Waals surface area contributed by atoms with Gasteiger partial charge in [-0.3, -0.25) is 9.59 Å². The Morgan fingerprint density at radius 1 is 0.942 bits per heavy atom. The molecule has 1 saturated heterocycles. The Morgan fingerprint density at radius 2 is 1.62 bits per heavy atom. The van der Waals surface area contributed by atoms with E-state index >= 15 is 0 Å². The van der Waals surface area contributed by atoms with Crippen LogP contribution in [0.15, 0.2) is 48.8 Å². The predicted octanol–water partition coefficient (Wildman–Crippen LogP) is 7.26. The summed E-state index contributed by atoms with van der Waals surface area (Å²) in [5.74, 6) is 4.59. The van der Waals surface area contributed by atoms with Gasteiger partial charge in [0.15, 0.2) is 23.0 Å². The van der Waals surface area contributed by atoms with Crippen LogP contribution in [0.1, 0.15) is 88.9 Å². The molecule has 4 aliphatic rings. The maximum atomic E-state index is 13.7. The summed E-state index contributed by atoms with van der Waals surface area (Å²) < 4.78 is 17.4. The number of hydrogen-bond donors (Lipinski definition) is 3. The van der Waals surface area contributed by atoms with Gasteiger partial charge in [0.2, 0.25) is 11.8 Å². The third-order valence-electron chi connectivity index (χ3n) is 10.6.